The molecule has 0 aliphatic carbocycles. The van der Waals surface area contributed by atoms with Crippen LogP contribution in [0.15, 0.2) is 30.3 Å². The van der Waals surface area contributed by atoms with E-state index < -0.39 is 6.04 Å². The van der Waals surface area contributed by atoms with Gasteiger partial charge >= 0.3 is 0 Å². The monoisotopic (exact) mass is 478 g/mol. The van der Waals surface area contributed by atoms with Gasteiger partial charge in [-0.15, -0.1) is 0 Å². The normalized spacial score (nSPS) is 11.7. The Morgan fingerprint density at radius 1 is 1.09 bits per heavy atom. The summed E-state index contributed by atoms with van der Waals surface area (Å²) in [5, 5.41) is 3.74. The Kier molecular flexibility index (Phi) is 9.85. The molecule has 0 bridgehead atoms. The molecule has 0 aliphatic rings. The highest BCUT2D eigenvalue weighted by Crippen LogP contribution is 2.25. The second-order valence-electron chi connectivity index (χ2n) is 8.08. The van der Waals surface area contributed by atoms with Gasteiger partial charge in [-0.2, -0.15) is 0 Å². The number of carbonyl (C=O) groups is 2. The summed E-state index contributed by atoms with van der Waals surface area (Å²) in [5.74, 6) is 0.188. The number of hydrogen-bond acceptors (Lipinski definition) is 3. The summed E-state index contributed by atoms with van der Waals surface area (Å²) in [6.45, 7) is 10.4. The minimum atomic E-state index is -0.669. The molecule has 0 radical (unpaired) electrons. The van der Waals surface area contributed by atoms with Crippen LogP contribution < -0.4 is 10.1 Å². The van der Waals surface area contributed by atoms with E-state index in [1.807, 2.05) is 26.8 Å². The van der Waals surface area contributed by atoms with Crippen LogP contribution >= 0.6 is 23.2 Å². The Morgan fingerprint density at radius 2 is 1.81 bits per heavy atom. The molecule has 0 fully saturated rings. The molecule has 2 aromatic rings. The van der Waals surface area contributed by atoms with Crippen LogP contribution in [0.2, 0.25) is 10.0 Å². The molecular weight excluding hydrogens is 447 g/mol. The Hall–Kier alpha value is -2.24. The number of carbonyl (C=O) groups excluding carboxylic acids is 2. The van der Waals surface area contributed by atoms with E-state index in [1.54, 1.807) is 25.1 Å². The molecule has 0 aliphatic heterocycles. The van der Waals surface area contributed by atoms with E-state index in [9.17, 15) is 9.59 Å². The minimum Gasteiger partial charge on any atom is -0.483 e. The number of nitrogens with zero attached hydrogens (tertiary/aromatic N) is 1. The van der Waals surface area contributed by atoms with E-state index in [1.165, 1.54) is 4.90 Å². The zero-order valence-corrected chi connectivity index (χ0v) is 20.9. The maximum absolute atomic E-state index is 13.2. The van der Waals surface area contributed by atoms with Gasteiger partial charge in [0.15, 0.2) is 6.61 Å². The van der Waals surface area contributed by atoms with Crippen molar-refractivity contribution in [1.82, 2.24) is 10.2 Å². The van der Waals surface area contributed by atoms with Crippen molar-refractivity contribution in [2.24, 2.45) is 0 Å². The number of ether oxygens (including phenoxy) is 1. The van der Waals surface area contributed by atoms with Crippen LogP contribution in [0.1, 0.15) is 48.9 Å². The summed E-state index contributed by atoms with van der Waals surface area (Å²) in [4.78, 5) is 27.4. The van der Waals surface area contributed by atoms with Gasteiger partial charge in [0.05, 0.1) is 10.0 Å². The predicted molar refractivity (Wildman–Crippen MR) is 131 cm³/mol. The molecule has 174 valence electrons. The maximum atomic E-state index is 13.2. The van der Waals surface area contributed by atoms with Gasteiger partial charge in [-0.05, 0) is 74.6 Å². The largest absolute Gasteiger partial charge is 0.483 e. The number of aryl methyl sites for hydroxylation is 2. The van der Waals surface area contributed by atoms with Crippen LogP contribution in [-0.2, 0) is 16.1 Å². The number of amides is 2. The maximum Gasteiger partial charge on any atom is 0.261 e. The lowest BCUT2D eigenvalue weighted by Crippen LogP contribution is -2.49. The van der Waals surface area contributed by atoms with Crippen molar-refractivity contribution in [2.75, 3.05) is 13.2 Å². The van der Waals surface area contributed by atoms with Crippen molar-refractivity contribution in [1.29, 1.82) is 0 Å². The van der Waals surface area contributed by atoms with Crippen LogP contribution in [0.3, 0.4) is 0 Å². The Bertz CT molecular complexity index is 962. The quantitative estimate of drug-likeness (QED) is 0.450. The molecule has 0 heterocycles. The average Bonchev–Trinajstić information content (AvgIpc) is 2.75. The molecule has 2 rings (SSSR count). The lowest BCUT2D eigenvalue weighted by molar-refractivity contribution is -0.142. The Morgan fingerprint density at radius 3 is 2.47 bits per heavy atom. The molecule has 2 aromatic carbocycles. The van der Waals surface area contributed by atoms with Gasteiger partial charge in [-0.1, -0.05) is 48.7 Å². The number of benzene rings is 2. The van der Waals surface area contributed by atoms with Gasteiger partial charge in [0, 0.05) is 13.1 Å². The first kappa shape index (κ1) is 26.0. The van der Waals surface area contributed by atoms with E-state index in [0.29, 0.717) is 22.3 Å². The lowest BCUT2D eigenvalue weighted by Gasteiger charge is -2.29. The molecule has 7 heteroatoms. The van der Waals surface area contributed by atoms with Gasteiger partial charge in [0.25, 0.3) is 5.91 Å². The Labute approximate surface area is 201 Å². The van der Waals surface area contributed by atoms with Crippen molar-refractivity contribution in [3.63, 3.8) is 0 Å². The number of rotatable bonds is 10. The van der Waals surface area contributed by atoms with Crippen molar-refractivity contribution in [2.45, 2.75) is 60.0 Å². The first-order valence-electron chi connectivity index (χ1n) is 10.9. The number of halogens is 2. The van der Waals surface area contributed by atoms with Crippen LogP contribution in [0.5, 0.6) is 5.75 Å². The third-order valence-electron chi connectivity index (χ3n) is 5.45. The van der Waals surface area contributed by atoms with Crippen LogP contribution in [0, 0.1) is 20.8 Å². The topological polar surface area (TPSA) is 58.6 Å². The van der Waals surface area contributed by atoms with E-state index in [-0.39, 0.29) is 25.0 Å². The molecule has 2 amide bonds. The van der Waals surface area contributed by atoms with Gasteiger partial charge in [-0.25, -0.2) is 0 Å². The first-order valence-corrected chi connectivity index (χ1v) is 11.6. The van der Waals surface area contributed by atoms with E-state index in [4.69, 9.17) is 27.9 Å². The molecule has 0 spiro atoms. The standard InChI is InChI=1S/C25H32Cl2N2O3/c1-6-7-10-28-25(31)19(5)29(14-20-8-9-21(26)22(27)13-20)24(30)15-32-23-12-16(2)11-17(3)18(23)4/h8-9,11-13,19H,6-7,10,14-15H2,1-5H3,(H,28,31)/t19-/m0/s1. The zero-order chi connectivity index (χ0) is 23.8. The van der Waals surface area contributed by atoms with Gasteiger partial charge in [0.1, 0.15) is 11.8 Å². The molecule has 5 nitrogen and oxygen atoms in total. The molecule has 0 saturated heterocycles. The minimum absolute atomic E-state index is 0.169. The van der Waals surface area contributed by atoms with Crippen LogP contribution in [0.4, 0.5) is 0 Å². The molecule has 1 atom stereocenters. The Balaban J connectivity index is 2.21. The van der Waals surface area contributed by atoms with Crippen molar-refractivity contribution in [3.05, 3.63) is 62.6 Å². The fourth-order valence-electron chi connectivity index (χ4n) is 3.33. The summed E-state index contributed by atoms with van der Waals surface area (Å²) >= 11 is 12.2. The number of hydrogen-bond donors (Lipinski definition) is 1. The van der Waals surface area contributed by atoms with Gasteiger partial charge in [-0.3, -0.25) is 9.59 Å². The molecule has 32 heavy (non-hydrogen) atoms. The third kappa shape index (κ3) is 7.14. The average molecular weight is 479 g/mol. The summed E-state index contributed by atoms with van der Waals surface area (Å²) in [6.07, 6.45) is 1.86. The van der Waals surface area contributed by atoms with E-state index in [0.717, 1.165) is 35.1 Å². The van der Waals surface area contributed by atoms with E-state index >= 15 is 0 Å². The summed E-state index contributed by atoms with van der Waals surface area (Å²) < 4.78 is 5.88. The van der Waals surface area contributed by atoms with Crippen molar-refractivity contribution >= 4 is 35.0 Å². The molecule has 1 N–H and O–H groups in total. The number of nitrogens with one attached hydrogen (secondary N) is 1. The summed E-state index contributed by atoms with van der Waals surface area (Å²) in [7, 11) is 0. The molecular formula is C25H32Cl2N2O3. The van der Waals surface area contributed by atoms with Crippen LogP contribution in [-0.4, -0.2) is 35.9 Å². The highest BCUT2D eigenvalue weighted by molar-refractivity contribution is 6.42. The SMILES string of the molecule is CCCCNC(=O)[C@H](C)N(Cc1ccc(Cl)c(Cl)c1)C(=O)COc1cc(C)cc(C)c1C. The summed E-state index contributed by atoms with van der Waals surface area (Å²) in [6, 6.07) is 8.51. The second kappa shape index (κ2) is 12.1. The predicted octanol–water partition coefficient (Wildman–Crippen LogP) is 5.63. The first-order chi connectivity index (χ1) is 15.1. The van der Waals surface area contributed by atoms with Gasteiger partial charge in [0.2, 0.25) is 5.91 Å². The second-order valence-corrected chi connectivity index (χ2v) is 8.90. The smallest absolute Gasteiger partial charge is 0.261 e. The highest BCUT2D eigenvalue weighted by Gasteiger charge is 2.26. The fourth-order valence-corrected chi connectivity index (χ4v) is 3.65. The van der Waals surface area contributed by atoms with Crippen molar-refractivity contribution < 1.29 is 14.3 Å². The van der Waals surface area contributed by atoms with E-state index in [2.05, 4.69) is 18.3 Å². The lowest BCUT2D eigenvalue weighted by atomic mass is 10.1. The molecule has 0 unspecified atom stereocenters. The highest BCUT2D eigenvalue weighted by atomic mass is 35.5. The van der Waals surface area contributed by atoms with Gasteiger partial charge < -0.3 is 15.0 Å². The zero-order valence-electron chi connectivity index (χ0n) is 19.4. The molecule has 0 saturated carbocycles. The van der Waals surface area contributed by atoms with Crippen molar-refractivity contribution in [3.8, 4) is 5.75 Å². The van der Waals surface area contributed by atoms with Crippen LogP contribution in [0.25, 0.3) is 0 Å². The fraction of sp³-hybridized carbons (Fsp3) is 0.440. The summed E-state index contributed by atoms with van der Waals surface area (Å²) in [5.41, 5.74) is 3.93. The third-order valence-corrected chi connectivity index (χ3v) is 6.19. The molecule has 0 aromatic heterocycles. The number of unbranched alkanes of at least 4 members (excludes halogenated alkanes) is 1.